The van der Waals surface area contributed by atoms with Crippen molar-refractivity contribution in [2.24, 2.45) is 0 Å². The highest BCUT2D eigenvalue weighted by Gasteiger charge is 2.12. The SMILES string of the molecule is COc1ccc(NC(=O)C[n+]2ccc(C(=O)NCc3ccccc3)cc2)cc1. The summed E-state index contributed by atoms with van der Waals surface area (Å²) < 4.78 is 6.81. The van der Waals surface area contributed by atoms with E-state index in [2.05, 4.69) is 10.6 Å². The number of carbonyl (C=O) groups is 2. The van der Waals surface area contributed by atoms with Gasteiger partial charge in [-0.2, -0.15) is 4.57 Å². The molecule has 142 valence electrons. The predicted molar refractivity (Wildman–Crippen MR) is 106 cm³/mol. The monoisotopic (exact) mass is 376 g/mol. The first-order valence-corrected chi connectivity index (χ1v) is 8.89. The molecule has 0 spiro atoms. The number of hydrogen-bond donors (Lipinski definition) is 2. The van der Waals surface area contributed by atoms with Crippen LogP contribution in [-0.2, 0) is 17.9 Å². The molecule has 28 heavy (non-hydrogen) atoms. The minimum absolute atomic E-state index is 0.151. The van der Waals surface area contributed by atoms with E-state index in [9.17, 15) is 9.59 Å². The van der Waals surface area contributed by atoms with E-state index in [-0.39, 0.29) is 18.4 Å². The van der Waals surface area contributed by atoms with Gasteiger partial charge in [0.25, 0.3) is 11.8 Å². The number of rotatable bonds is 7. The zero-order chi connectivity index (χ0) is 19.8. The smallest absolute Gasteiger partial charge is 0.290 e. The highest BCUT2D eigenvalue weighted by molar-refractivity contribution is 5.93. The molecule has 2 N–H and O–H groups in total. The minimum atomic E-state index is -0.156. The Labute approximate surface area is 163 Å². The molecule has 1 aromatic heterocycles. The molecule has 2 amide bonds. The maximum absolute atomic E-state index is 12.2. The number of nitrogens with one attached hydrogen (secondary N) is 2. The molecule has 0 saturated carbocycles. The second kappa shape index (κ2) is 9.32. The van der Waals surface area contributed by atoms with E-state index >= 15 is 0 Å². The Balaban J connectivity index is 1.51. The highest BCUT2D eigenvalue weighted by Crippen LogP contribution is 2.14. The van der Waals surface area contributed by atoms with Crippen LogP contribution in [0.2, 0.25) is 0 Å². The molecule has 0 fully saturated rings. The molecule has 2 aromatic carbocycles. The van der Waals surface area contributed by atoms with Gasteiger partial charge in [-0.05, 0) is 29.8 Å². The number of benzene rings is 2. The molecule has 0 aliphatic rings. The Kier molecular flexibility index (Phi) is 6.36. The fraction of sp³-hybridized carbons (Fsp3) is 0.136. The molecule has 0 atom stereocenters. The molecule has 0 aliphatic heterocycles. The Hall–Kier alpha value is -3.67. The lowest BCUT2D eigenvalue weighted by Crippen LogP contribution is -2.40. The van der Waals surface area contributed by atoms with Crippen LogP contribution in [0, 0.1) is 0 Å². The van der Waals surface area contributed by atoms with Crippen molar-refractivity contribution in [1.82, 2.24) is 5.32 Å². The molecular formula is C22H22N3O3+. The third-order valence-corrected chi connectivity index (χ3v) is 4.15. The average molecular weight is 376 g/mol. The van der Waals surface area contributed by atoms with Crippen LogP contribution >= 0.6 is 0 Å². The zero-order valence-electron chi connectivity index (χ0n) is 15.6. The van der Waals surface area contributed by atoms with Crippen LogP contribution in [0.5, 0.6) is 5.75 Å². The summed E-state index contributed by atoms with van der Waals surface area (Å²) in [6.07, 6.45) is 3.43. The quantitative estimate of drug-likeness (QED) is 0.623. The zero-order valence-corrected chi connectivity index (χ0v) is 15.6. The third-order valence-electron chi connectivity index (χ3n) is 4.15. The van der Waals surface area contributed by atoms with E-state index in [1.54, 1.807) is 60.5 Å². The van der Waals surface area contributed by atoms with Gasteiger partial charge in [0.15, 0.2) is 12.4 Å². The van der Waals surface area contributed by atoms with Crippen molar-refractivity contribution >= 4 is 17.5 Å². The summed E-state index contributed by atoms with van der Waals surface area (Å²) in [7, 11) is 1.59. The molecule has 3 rings (SSSR count). The van der Waals surface area contributed by atoms with Gasteiger partial charge in [0, 0.05) is 24.4 Å². The molecular weight excluding hydrogens is 354 g/mol. The average Bonchev–Trinajstić information content (AvgIpc) is 2.74. The Morgan fingerprint density at radius 2 is 1.61 bits per heavy atom. The van der Waals surface area contributed by atoms with Crippen LogP contribution in [0.1, 0.15) is 15.9 Å². The van der Waals surface area contributed by atoms with Crippen molar-refractivity contribution in [2.75, 3.05) is 12.4 Å². The molecule has 6 nitrogen and oxygen atoms in total. The largest absolute Gasteiger partial charge is 0.497 e. The second-order valence-electron chi connectivity index (χ2n) is 6.20. The van der Waals surface area contributed by atoms with Crippen LogP contribution < -0.4 is 19.9 Å². The van der Waals surface area contributed by atoms with Gasteiger partial charge in [-0.1, -0.05) is 30.3 Å². The summed E-state index contributed by atoms with van der Waals surface area (Å²) >= 11 is 0. The van der Waals surface area contributed by atoms with E-state index < -0.39 is 0 Å². The summed E-state index contributed by atoms with van der Waals surface area (Å²) in [5, 5.41) is 5.70. The van der Waals surface area contributed by atoms with Crippen molar-refractivity contribution in [3.63, 3.8) is 0 Å². The summed E-state index contributed by atoms with van der Waals surface area (Å²) in [6.45, 7) is 0.622. The van der Waals surface area contributed by atoms with Crippen LogP contribution in [0.25, 0.3) is 0 Å². The molecule has 6 heteroatoms. The predicted octanol–water partition coefficient (Wildman–Crippen LogP) is 2.55. The number of amides is 2. The number of anilines is 1. The number of aromatic nitrogens is 1. The summed E-state index contributed by atoms with van der Waals surface area (Å²) in [5.74, 6) is 0.420. The lowest BCUT2D eigenvalue weighted by Gasteiger charge is -2.06. The molecule has 3 aromatic rings. The summed E-state index contributed by atoms with van der Waals surface area (Å²) in [5.41, 5.74) is 2.28. The van der Waals surface area contributed by atoms with E-state index in [1.807, 2.05) is 30.3 Å². The van der Waals surface area contributed by atoms with Gasteiger partial charge in [-0.25, -0.2) is 0 Å². The van der Waals surface area contributed by atoms with Crippen molar-refractivity contribution in [1.29, 1.82) is 0 Å². The number of methoxy groups -OCH3 is 1. The van der Waals surface area contributed by atoms with E-state index in [1.165, 1.54) is 0 Å². The lowest BCUT2D eigenvalue weighted by atomic mass is 10.2. The lowest BCUT2D eigenvalue weighted by molar-refractivity contribution is -0.684. The van der Waals surface area contributed by atoms with Gasteiger partial charge in [-0.3, -0.25) is 9.59 Å². The number of hydrogen-bond acceptors (Lipinski definition) is 3. The van der Waals surface area contributed by atoms with Crippen molar-refractivity contribution in [2.45, 2.75) is 13.1 Å². The van der Waals surface area contributed by atoms with Crippen molar-refractivity contribution in [3.05, 3.63) is 90.3 Å². The normalized spacial score (nSPS) is 10.2. The van der Waals surface area contributed by atoms with Crippen molar-refractivity contribution in [3.8, 4) is 5.75 Å². The van der Waals surface area contributed by atoms with Gasteiger partial charge in [-0.15, -0.1) is 0 Å². The van der Waals surface area contributed by atoms with E-state index in [0.717, 1.165) is 11.3 Å². The number of carbonyl (C=O) groups excluding carboxylic acids is 2. The molecule has 0 radical (unpaired) electrons. The van der Waals surface area contributed by atoms with Crippen LogP contribution in [0.3, 0.4) is 0 Å². The molecule has 1 heterocycles. The second-order valence-corrected chi connectivity index (χ2v) is 6.20. The van der Waals surface area contributed by atoms with Gasteiger partial charge in [0.05, 0.1) is 12.7 Å². The maximum atomic E-state index is 12.2. The van der Waals surface area contributed by atoms with E-state index in [4.69, 9.17) is 4.74 Å². The van der Waals surface area contributed by atoms with Gasteiger partial charge >= 0.3 is 0 Å². The first-order valence-electron chi connectivity index (χ1n) is 8.89. The van der Waals surface area contributed by atoms with Crippen LogP contribution in [0.15, 0.2) is 79.1 Å². The van der Waals surface area contributed by atoms with Gasteiger partial charge in [0.1, 0.15) is 5.75 Å². The number of nitrogens with zero attached hydrogens (tertiary/aromatic N) is 1. The molecule has 0 saturated heterocycles. The van der Waals surface area contributed by atoms with Gasteiger partial charge < -0.3 is 15.4 Å². The summed E-state index contributed by atoms with van der Waals surface area (Å²) in [6, 6.07) is 20.2. The topological polar surface area (TPSA) is 71.3 Å². The Morgan fingerprint density at radius 3 is 2.25 bits per heavy atom. The Bertz CT molecular complexity index is 924. The van der Waals surface area contributed by atoms with Crippen LogP contribution in [0.4, 0.5) is 5.69 Å². The first-order chi connectivity index (χ1) is 13.6. The maximum Gasteiger partial charge on any atom is 0.290 e. The van der Waals surface area contributed by atoms with Crippen LogP contribution in [-0.4, -0.2) is 18.9 Å². The fourth-order valence-corrected chi connectivity index (χ4v) is 2.64. The number of pyridine rings is 1. The summed E-state index contributed by atoms with van der Waals surface area (Å²) in [4.78, 5) is 24.4. The molecule has 0 bridgehead atoms. The minimum Gasteiger partial charge on any atom is -0.497 e. The standard InChI is InChI=1S/C22H21N3O3/c1-28-20-9-7-19(8-10-20)24-21(26)16-25-13-11-18(12-14-25)22(27)23-15-17-5-3-2-4-6-17/h2-14H,15-16H2,1H3,(H-,23,24,26,27)/p+1. The van der Waals surface area contributed by atoms with E-state index in [0.29, 0.717) is 17.8 Å². The first kappa shape index (κ1) is 19.1. The fourth-order valence-electron chi connectivity index (χ4n) is 2.64. The molecule has 0 aliphatic carbocycles. The van der Waals surface area contributed by atoms with Gasteiger partial charge in [0.2, 0.25) is 6.54 Å². The Morgan fingerprint density at radius 1 is 0.929 bits per heavy atom. The number of ether oxygens (including phenoxy) is 1. The third kappa shape index (κ3) is 5.41. The van der Waals surface area contributed by atoms with Crippen molar-refractivity contribution < 1.29 is 18.9 Å². The molecule has 0 unspecified atom stereocenters. The highest BCUT2D eigenvalue weighted by atomic mass is 16.5.